The summed E-state index contributed by atoms with van der Waals surface area (Å²) in [5, 5.41) is 36.3. The summed E-state index contributed by atoms with van der Waals surface area (Å²) in [6.45, 7) is 11.7. The molecule has 10 rings (SSSR count). The molecule has 2 aromatic heterocycles. The van der Waals surface area contributed by atoms with Crippen LogP contribution in [0.3, 0.4) is 0 Å². The maximum absolute atomic E-state index is 14.2. The summed E-state index contributed by atoms with van der Waals surface area (Å²) in [6, 6.07) is 16.1. The van der Waals surface area contributed by atoms with Gasteiger partial charge in [-0.05, 0) is 200 Å². The second-order valence-corrected chi connectivity index (χ2v) is 25.9. The number of nitrogens with zero attached hydrogens (tertiary/aromatic N) is 10. The number of piperidine rings is 4. The summed E-state index contributed by atoms with van der Waals surface area (Å²) in [5.74, 6) is 1.86. The number of amides is 2. The highest BCUT2D eigenvalue weighted by Gasteiger charge is 2.46. The third-order valence-electron chi connectivity index (χ3n) is 19.8. The zero-order valence-electron chi connectivity index (χ0n) is 48.5. The molecular formula is C63H96Cl2N12O4. The predicted molar refractivity (Wildman–Crippen MR) is 321 cm³/mol. The summed E-state index contributed by atoms with van der Waals surface area (Å²) in [7, 11) is 0. The Morgan fingerprint density at radius 3 is 1.26 bits per heavy atom. The van der Waals surface area contributed by atoms with E-state index < -0.39 is 0 Å². The number of halogens is 2. The van der Waals surface area contributed by atoms with Crippen molar-refractivity contribution in [2.45, 2.75) is 185 Å². The Kier molecular flexibility index (Phi) is 23.7. The second-order valence-electron chi connectivity index (χ2n) is 25.1. The second kappa shape index (κ2) is 31.2. The lowest BCUT2D eigenvalue weighted by atomic mass is 9.63. The van der Waals surface area contributed by atoms with Crippen molar-refractivity contribution < 1.29 is 19.8 Å². The smallest absolute Gasteiger partial charge is 0.240 e. The molecule has 0 bridgehead atoms. The van der Waals surface area contributed by atoms with Crippen LogP contribution in [0.15, 0.2) is 73.8 Å². The van der Waals surface area contributed by atoms with Crippen LogP contribution in [0.25, 0.3) is 0 Å². The lowest BCUT2D eigenvalue weighted by Gasteiger charge is -2.48. The zero-order valence-corrected chi connectivity index (χ0v) is 50.0. The van der Waals surface area contributed by atoms with E-state index in [0.29, 0.717) is 36.8 Å². The van der Waals surface area contributed by atoms with E-state index in [2.05, 4.69) is 62.5 Å². The molecule has 6 aliphatic rings. The molecular weight excluding hydrogens is 1060 g/mol. The lowest BCUT2D eigenvalue weighted by molar-refractivity contribution is -0.138. The Labute approximate surface area is 493 Å². The average Bonchev–Trinajstić information content (AvgIpc) is 4.32. The number of carbonyl (C=O) groups is 2. The largest absolute Gasteiger partial charge is 0.396 e. The van der Waals surface area contributed by atoms with Crippen molar-refractivity contribution in [1.82, 2.24) is 59.8 Å². The van der Waals surface area contributed by atoms with Gasteiger partial charge in [0, 0.05) is 81.2 Å². The first kappa shape index (κ1) is 61.6. The number of nitrogens with one attached hydrogen (secondary N) is 2. The first-order valence-electron chi connectivity index (χ1n) is 31.5. The number of rotatable bonds is 23. The number of hydrogen-bond donors (Lipinski definition) is 4. The van der Waals surface area contributed by atoms with Gasteiger partial charge in [-0.3, -0.25) is 19.0 Å². The van der Waals surface area contributed by atoms with Crippen LogP contribution in [0.2, 0.25) is 10.0 Å². The van der Waals surface area contributed by atoms with Crippen LogP contribution < -0.4 is 10.6 Å². The van der Waals surface area contributed by atoms with E-state index in [1.807, 2.05) is 58.4 Å². The molecule has 4 N–H and O–H groups in total. The van der Waals surface area contributed by atoms with Crippen LogP contribution in [0, 0.1) is 22.7 Å². The van der Waals surface area contributed by atoms with Gasteiger partial charge in [0.05, 0.1) is 12.1 Å². The van der Waals surface area contributed by atoms with Crippen LogP contribution in [0.5, 0.6) is 0 Å². The third-order valence-corrected chi connectivity index (χ3v) is 20.3. The van der Waals surface area contributed by atoms with Crippen molar-refractivity contribution in [3.63, 3.8) is 0 Å². The number of hydrogen-bond acceptors (Lipinski definition) is 12. The minimum Gasteiger partial charge on any atom is -0.396 e. The maximum atomic E-state index is 14.2. The van der Waals surface area contributed by atoms with E-state index in [1.54, 1.807) is 12.7 Å². The number of benzene rings is 2. The van der Waals surface area contributed by atoms with Gasteiger partial charge in [0.2, 0.25) is 11.8 Å². The molecule has 0 radical (unpaired) electrons. The fraction of sp³-hybridized carbons (Fsp3) is 0.714. The topological polar surface area (TPSA) is 173 Å². The van der Waals surface area contributed by atoms with E-state index in [0.717, 1.165) is 170 Å². The molecule has 446 valence electrons. The monoisotopic (exact) mass is 1150 g/mol. The highest BCUT2D eigenvalue weighted by Crippen LogP contribution is 2.48. The Morgan fingerprint density at radius 2 is 0.901 bits per heavy atom. The Morgan fingerprint density at radius 1 is 0.519 bits per heavy atom. The van der Waals surface area contributed by atoms with E-state index in [4.69, 9.17) is 28.3 Å². The summed E-state index contributed by atoms with van der Waals surface area (Å²) in [6.07, 6.45) is 32.5. The molecule has 0 unspecified atom stereocenters. The van der Waals surface area contributed by atoms with Crippen LogP contribution in [0.1, 0.15) is 146 Å². The van der Waals surface area contributed by atoms with E-state index in [1.165, 1.54) is 64.2 Å². The van der Waals surface area contributed by atoms with E-state index >= 15 is 0 Å². The van der Waals surface area contributed by atoms with Gasteiger partial charge in [-0.25, -0.2) is 9.97 Å². The van der Waals surface area contributed by atoms with Crippen LogP contribution >= 0.6 is 23.2 Å². The van der Waals surface area contributed by atoms with Gasteiger partial charge in [0.1, 0.15) is 25.3 Å². The van der Waals surface area contributed by atoms with Gasteiger partial charge in [-0.2, -0.15) is 10.2 Å². The number of aromatic nitrogens is 6. The Balaban J connectivity index is 0.000000196. The highest BCUT2D eigenvalue weighted by molar-refractivity contribution is 6.30. The summed E-state index contributed by atoms with van der Waals surface area (Å²) in [5.41, 5.74) is 2.65. The lowest BCUT2D eigenvalue weighted by Crippen LogP contribution is -2.56. The summed E-state index contributed by atoms with van der Waals surface area (Å²) >= 11 is 12.3. The van der Waals surface area contributed by atoms with Crippen LogP contribution in [-0.4, -0.2) is 174 Å². The Hall–Kier alpha value is -4.00. The SMILES string of the molecule is O=C([C@@H](Cc1ccc(Cl)cc1)NC1CCN(CCCCO)CC1)N1CCC(Cn2cncn2)(C2CCCCC2)CC1.O=C([C@@H](Cc1ccc(Cl)cc1)NC1CCN(CCCO)CC1)N1CCC(Cn2cncn2)(C2CCCCC2)CC1. The average molecular weight is 1160 g/mol. The molecule has 4 aromatic rings. The van der Waals surface area contributed by atoms with Crippen molar-refractivity contribution in [3.8, 4) is 0 Å². The van der Waals surface area contributed by atoms with Crippen molar-refractivity contribution >= 4 is 35.0 Å². The van der Waals surface area contributed by atoms with Gasteiger partial charge in [-0.1, -0.05) is 86.0 Å². The number of aliphatic hydroxyl groups excluding tert-OH is 2. The third kappa shape index (κ3) is 17.8. The minimum absolute atomic E-state index is 0.186. The molecule has 2 amide bonds. The normalized spacial score (nSPS) is 21.8. The molecule has 6 heterocycles. The first-order valence-corrected chi connectivity index (χ1v) is 32.2. The van der Waals surface area contributed by atoms with Gasteiger partial charge in [-0.15, -0.1) is 0 Å². The fourth-order valence-electron chi connectivity index (χ4n) is 15.0. The quantitative estimate of drug-likeness (QED) is 0.0522. The van der Waals surface area contributed by atoms with Crippen molar-refractivity contribution in [1.29, 1.82) is 0 Å². The Bertz CT molecular complexity index is 2410. The van der Waals surface area contributed by atoms with Crippen molar-refractivity contribution in [2.24, 2.45) is 22.7 Å². The highest BCUT2D eigenvalue weighted by atomic mass is 35.5. The molecule has 16 nitrogen and oxygen atoms in total. The zero-order chi connectivity index (χ0) is 56.3. The van der Waals surface area contributed by atoms with Crippen molar-refractivity contribution in [3.05, 3.63) is 95.0 Å². The van der Waals surface area contributed by atoms with Crippen LogP contribution in [-0.2, 0) is 35.5 Å². The minimum atomic E-state index is -0.243. The molecule has 18 heteroatoms. The van der Waals surface area contributed by atoms with Gasteiger partial charge in [0.15, 0.2) is 0 Å². The number of carbonyl (C=O) groups excluding carboxylic acids is 2. The molecule has 2 saturated carbocycles. The van der Waals surface area contributed by atoms with Crippen LogP contribution in [0.4, 0.5) is 0 Å². The summed E-state index contributed by atoms with van der Waals surface area (Å²) < 4.78 is 4.04. The number of aliphatic hydroxyl groups is 2. The van der Waals surface area contributed by atoms with Gasteiger partial charge < -0.3 is 40.4 Å². The predicted octanol–water partition coefficient (Wildman–Crippen LogP) is 8.73. The maximum Gasteiger partial charge on any atom is 0.240 e. The van der Waals surface area contributed by atoms with Gasteiger partial charge in [0.25, 0.3) is 0 Å². The molecule has 2 atom stereocenters. The number of unbranched alkanes of at least 4 members (excludes halogenated alkanes) is 1. The molecule has 81 heavy (non-hydrogen) atoms. The first-order chi connectivity index (χ1) is 39.6. The van der Waals surface area contributed by atoms with Gasteiger partial charge >= 0.3 is 0 Å². The summed E-state index contributed by atoms with van der Waals surface area (Å²) in [4.78, 5) is 45.9. The van der Waals surface area contributed by atoms with Crippen molar-refractivity contribution in [2.75, 3.05) is 78.7 Å². The molecule has 2 aromatic carbocycles. The van der Waals surface area contributed by atoms with E-state index in [-0.39, 0.29) is 47.9 Å². The molecule has 4 aliphatic heterocycles. The van der Waals surface area contributed by atoms with E-state index in [9.17, 15) is 14.7 Å². The molecule has 6 fully saturated rings. The molecule has 0 spiro atoms. The molecule has 2 aliphatic carbocycles. The molecule has 4 saturated heterocycles. The standard InChI is InChI=1S/C32H49ClN6O2.C31H47ClN6O2/c33-28-10-8-26(9-11-28)22-30(36-29-12-17-37(18-13-29)16-4-5-21-40)31(41)38-19-14-32(15-20-38,23-39-25-34-24-35-39)27-6-2-1-3-7-27;32-27-9-7-25(8-10-27)21-29(35-28-11-16-36(17-12-28)15-4-20-39)30(40)37-18-13-31(14-19-37,22-38-24-33-23-34-38)26-5-2-1-3-6-26/h8-11,24-25,27,29-30,36,40H,1-7,12-23H2;7-10,23-24,26,28-29,35,39H,1-6,11-22H2/t30-;29-/m11/s1. The fourth-order valence-corrected chi connectivity index (χ4v) is 15.2. The number of likely N-dealkylation sites (tertiary alicyclic amines) is 4.